The lowest BCUT2D eigenvalue weighted by Crippen LogP contribution is -2.32. The summed E-state index contributed by atoms with van der Waals surface area (Å²) in [5.41, 5.74) is 9.02. The van der Waals surface area contributed by atoms with E-state index in [0.717, 1.165) is 37.8 Å². The number of hydrogen-bond donors (Lipinski definition) is 6. The van der Waals surface area contributed by atoms with Crippen molar-refractivity contribution < 1.29 is 127 Å². The monoisotopic (exact) mass is 1720 g/mol. The Labute approximate surface area is 720 Å². The summed E-state index contributed by atoms with van der Waals surface area (Å²) in [6.07, 6.45) is 22.8. The number of ketones is 1. The zero-order valence-corrected chi connectivity index (χ0v) is 62.3. The number of aromatic nitrogens is 4. The Morgan fingerprint density at radius 2 is 0.773 bits per heavy atom. The molecular formula is C86H156N6O26S. The summed E-state index contributed by atoms with van der Waals surface area (Å²) in [6, 6.07) is 18.9. The van der Waals surface area contributed by atoms with Gasteiger partial charge in [-0.05, 0) is 81.8 Å². The Morgan fingerprint density at radius 3 is 1.07 bits per heavy atom. The molecule has 2 aromatic carbocycles. The molecule has 1 saturated heterocycles. The van der Waals surface area contributed by atoms with Crippen molar-refractivity contribution in [1.29, 1.82) is 4.78 Å². The molecule has 1 fully saturated rings. The van der Waals surface area contributed by atoms with E-state index in [4.69, 9.17) is 69.8 Å². The van der Waals surface area contributed by atoms with Crippen molar-refractivity contribution in [3.63, 3.8) is 0 Å². The molecule has 0 saturated carbocycles. The number of cyclic esters (lactones) is 2. The number of unbranched alkanes of at least 4 members (excludes halogenated alkanes) is 8. The average molecular weight is 1720 g/mol. The van der Waals surface area contributed by atoms with E-state index in [1.54, 1.807) is 33.1 Å². The molecule has 0 amide bonds. The van der Waals surface area contributed by atoms with Crippen LogP contribution >= 0.6 is 0 Å². The molecule has 3 heterocycles. The maximum Gasteiger partial charge on any atom is 0.320 e. The molecule has 2 aromatic heterocycles. The third kappa shape index (κ3) is 86.0. The van der Waals surface area contributed by atoms with Gasteiger partial charge in [-0.25, -0.2) is 14.7 Å². The first-order valence-corrected chi connectivity index (χ1v) is 35.3. The molecule has 692 valence electrons. The van der Waals surface area contributed by atoms with Crippen LogP contribution < -0.4 is 5.73 Å². The van der Waals surface area contributed by atoms with E-state index in [0.29, 0.717) is 128 Å². The number of nitrogens with one attached hydrogen (secondary N) is 1. The maximum atomic E-state index is 12.3. The molecule has 7 N–H and O–H groups in total. The molecule has 0 radical (unpaired) electrons. The van der Waals surface area contributed by atoms with Gasteiger partial charge in [-0.2, -0.15) is 0 Å². The summed E-state index contributed by atoms with van der Waals surface area (Å²) in [5.74, 6) is -7.13. The molecular weight excluding hydrogens is 1570 g/mol. The van der Waals surface area contributed by atoms with Crippen molar-refractivity contribution in [3.05, 3.63) is 108 Å². The van der Waals surface area contributed by atoms with Crippen molar-refractivity contribution in [2.24, 2.45) is 11.7 Å². The quantitative estimate of drug-likeness (QED) is 0.00786. The number of rotatable bonds is 50. The largest absolute Gasteiger partial charge is 0.481 e. The highest BCUT2D eigenvalue weighted by Gasteiger charge is 2.24. The topological polar surface area (TPSA) is 464 Å². The number of carbonyl (C=O) groups excluding carboxylic acids is 9. The Balaban J connectivity index is -0.000000100. The van der Waals surface area contributed by atoms with Gasteiger partial charge >= 0.3 is 65.7 Å². The second-order valence-corrected chi connectivity index (χ2v) is 23.2. The predicted molar refractivity (Wildman–Crippen MR) is 469 cm³/mol. The number of hydrogen-bond acceptors (Lipinski definition) is 28. The number of carboxylic acids is 3. The molecule has 0 spiro atoms. The number of aliphatic carboxylic acids is 3. The normalized spacial score (nSPS) is 10.3. The summed E-state index contributed by atoms with van der Waals surface area (Å²) < 4.78 is 63.1. The number of carboxylic acid groups (broad SMARTS) is 3. The fourth-order valence-electron chi connectivity index (χ4n) is 8.77. The van der Waals surface area contributed by atoms with Crippen LogP contribution in [0.5, 0.6) is 0 Å². The number of nitrogens with zero attached hydrogens (tertiary/aromatic N) is 4. The number of nitrogens with two attached hydrogens (primary N) is 1. The van der Waals surface area contributed by atoms with E-state index in [2.05, 4.69) is 33.6 Å². The number of terminal acetylenes is 1. The second-order valence-electron chi connectivity index (χ2n) is 23.2. The SMILES string of the molecule is C.C.C.C.C.C.C.C.C.C.C.C.COCCOC(=O)CCCCCO.COCCOC(=O)CCCCCOC(=O)CCC(=O)CC(Cc1cn(Cc2ccccc2)cn1)C(=O)O.COCCOC(=O)CCCCCOC(=O)CCCCCOC(=O)CCC(=O)O.N=S.NC(Cc1cn(Cc2ccccc2)cn1)C(=O)O.O=C1CCC(=O)O1.[2H]C#C. The van der Waals surface area contributed by atoms with Crippen LogP contribution in [0.25, 0.3) is 0 Å². The first-order valence-electron chi connectivity index (χ1n) is 35.4. The van der Waals surface area contributed by atoms with Crippen molar-refractivity contribution in [3.8, 4) is 12.8 Å². The van der Waals surface area contributed by atoms with Gasteiger partial charge in [0.15, 0.2) is 0 Å². The molecule has 2 unspecified atom stereocenters. The standard InChI is InChI=1S/C27H36N2O8.C19H32O9.C13H15N3O2.C9H18O4.C4H4O3.C2H2.12CH4.HNS/c1-35-14-15-37-25(31)10-6-3-7-13-36-26(32)12-11-24(30)17-22(27(33)34)16-23-19-29(20-28-23)18-21-8-4-2-5-9-21;1-25-14-15-28-18(23)9-5-3-6-12-26-17(22)8-4-2-7-13-27-19(24)11-10-16(20)21;14-12(13(17)18)6-11-8-16(9-15-11)7-10-4-2-1-3-5-10;1-12-7-8-13-9(11)5-3-2-4-6-10;5-3-1-2-4(6)7-3;1-2;;;;;;;;;;;;;1-2/h2,4-5,8-9,19-20,22H,3,6-7,10-18H2,1H3,(H,33,34);2-15H2,1H3,(H,20,21);1-5,8-9,12H,6-7,14H2,(H,17,18);10H,2-8H2,1H3;1-2H2;1-2H;12*1H4;1H/i;;;;;1D;;;;;;;;;;;;;. The minimum atomic E-state index is -1.07. The number of Topliss-reactive ketones (excluding diaryl/α,β-unsaturated/α-hetero) is 1. The summed E-state index contributed by atoms with van der Waals surface area (Å²) in [5, 5.41) is 35.2. The molecule has 2 atom stereocenters. The van der Waals surface area contributed by atoms with Crippen LogP contribution in [0.2, 0.25) is 0 Å². The van der Waals surface area contributed by atoms with E-state index < -0.39 is 53.7 Å². The van der Waals surface area contributed by atoms with Crippen LogP contribution in [0, 0.1) is 23.5 Å². The lowest BCUT2D eigenvalue weighted by Gasteiger charge is -2.10. The van der Waals surface area contributed by atoms with E-state index in [1.807, 2.05) is 76.0 Å². The number of imidazole rings is 2. The van der Waals surface area contributed by atoms with Crippen LogP contribution in [0.1, 0.15) is 261 Å². The summed E-state index contributed by atoms with van der Waals surface area (Å²) >= 11 is 3.33. The van der Waals surface area contributed by atoms with Gasteiger partial charge in [0.25, 0.3) is 0 Å². The first-order chi connectivity index (χ1) is 52.0. The van der Waals surface area contributed by atoms with Gasteiger partial charge in [0.2, 0.25) is 0 Å². The molecule has 0 bridgehead atoms. The second kappa shape index (κ2) is 97.1. The number of esters is 8. The number of methoxy groups -OCH3 is 3. The highest BCUT2D eigenvalue weighted by atomic mass is 32.1. The van der Waals surface area contributed by atoms with Gasteiger partial charge in [-0.15, -0.1) is 12.8 Å². The number of carbonyl (C=O) groups is 12. The molecule has 32 nitrogen and oxygen atoms in total. The number of aliphatic hydroxyl groups is 1. The Bertz CT molecular complexity index is 3180. The zero-order chi connectivity index (χ0) is 80.8. The Hall–Kier alpha value is -9.72. The molecule has 33 heteroatoms. The Kier molecular flexibility index (Phi) is 113. The summed E-state index contributed by atoms with van der Waals surface area (Å²) in [6.45, 7) is 4.31. The van der Waals surface area contributed by atoms with Gasteiger partial charge in [0.05, 0.1) is 102 Å². The molecule has 119 heavy (non-hydrogen) atoms. The molecule has 4 aromatic rings. The van der Waals surface area contributed by atoms with Crippen LogP contribution in [0.15, 0.2) is 85.7 Å². The van der Waals surface area contributed by atoms with Gasteiger partial charge in [-0.1, -0.05) is 156 Å². The molecule has 1 aliphatic heterocycles. The molecule has 0 aliphatic carbocycles. The number of aliphatic hydroxyl groups excluding tert-OH is 1. The zero-order valence-electron chi connectivity index (χ0n) is 62.5. The van der Waals surface area contributed by atoms with E-state index >= 15 is 0 Å². The van der Waals surface area contributed by atoms with Gasteiger partial charge < -0.3 is 82.7 Å². The third-order valence-corrected chi connectivity index (χ3v) is 14.3. The van der Waals surface area contributed by atoms with Crippen LogP contribution in [0.4, 0.5) is 0 Å². The van der Waals surface area contributed by atoms with Gasteiger partial charge in [0, 0.05) is 117 Å². The highest BCUT2D eigenvalue weighted by Crippen LogP contribution is 2.16. The van der Waals surface area contributed by atoms with Crippen molar-refractivity contribution >= 4 is 83.9 Å². The van der Waals surface area contributed by atoms with Gasteiger partial charge in [-0.3, -0.25) is 57.5 Å². The smallest absolute Gasteiger partial charge is 0.320 e. The minimum Gasteiger partial charge on any atom is -0.481 e. The van der Waals surface area contributed by atoms with Gasteiger partial charge in [0.1, 0.15) is 33.0 Å². The maximum absolute atomic E-state index is 12.3. The lowest BCUT2D eigenvalue weighted by molar-refractivity contribution is -0.152. The summed E-state index contributed by atoms with van der Waals surface area (Å²) in [4.78, 5) is 142. The predicted octanol–water partition coefficient (Wildman–Crippen LogP) is 15.1. The number of ether oxygens (including phenoxy) is 10. The fourth-order valence-corrected chi connectivity index (χ4v) is 8.77. The van der Waals surface area contributed by atoms with Crippen LogP contribution in [-0.2, 0) is 143 Å². The van der Waals surface area contributed by atoms with E-state index in [1.165, 1.54) is 19.1 Å². The summed E-state index contributed by atoms with van der Waals surface area (Å²) in [7, 11) is 4.64. The average Bonchev–Trinajstić information content (AvgIpc) is 1.74. The Morgan fingerprint density at radius 1 is 0.462 bits per heavy atom. The fraction of sp³-hybridized carbons (Fsp3) is 0.628. The number of benzene rings is 2. The van der Waals surface area contributed by atoms with E-state index in [9.17, 15) is 62.6 Å². The van der Waals surface area contributed by atoms with E-state index in [-0.39, 0.29) is 210 Å². The van der Waals surface area contributed by atoms with Crippen molar-refractivity contribution in [1.82, 2.24) is 19.1 Å². The van der Waals surface area contributed by atoms with Crippen LogP contribution in [-0.4, -0.2) is 204 Å². The lowest BCUT2D eigenvalue weighted by atomic mass is 9.95. The highest BCUT2D eigenvalue weighted by molar-refractivity contribution is 7.45. The van der Waals surface area contributed by atoms with Crippen molar-refractivity contribution in [2.75, 3.05) is 87.4 Å². The first kappa shape index (κ1) is 138. The van der Waals surface area contributed by atoms with Crippen molar-refractivity contribution in [2.45, 2.75) is 269 Å². The minimum absolute atomic E-state index is 0. The molecule has 5 rings (SSSR count). The van der Waals surface area contributed by atoms with Crippen LogP contribution in [0.3, 0.4) is 0 Å². The third-order valence-electron chi connectivity index (χ3n) is 14.3. The molecule has 1 aliphatic rings.